The number of esters is 1. The molecule has 1 aliphatic rings. The highest BCUT2D eigenvalue weighted by Gasteiger charge is 2.48. The Bertz CT molecular complexity index is 783. The number of rotatable bonds is 9. The molecule has 0 radical (unpaired) electrons. The highest BCUT2D eigenvalue weighted by Crippen LogP contribution is 2.24. The van der Waals surface area contributed by atoms with Gasteiger partial charge in [0.2, 0.25) is 11.8 Å². The molecule has 1 aromatic carbocycles. The van der Waals surface area contributed by atoms with Gasteiger partial charge in [-0.25, -0.2) is 9.59 Å². The molecule has 9 nitrogen and oxygen atoms in total. The highest BCUT2D eigenvalue weighted by molar-refractivity contribution is 5.95. The minimum atomic E-state index is -0.999. The van der Waals surface area contributed by atoms with Crippen molar-refractivity contribution in [1.29, 1.82) is 0 Å². The third kappa shape index (κ3) is 5.49. The first kappa shape index (κ1) is 23.2. The standard InChI is InChI=1S/C21H30N4O5/c1-12(2)10-16(19(27)23-13(3)20(28)30-4)25-17(18(22)26)15(24-21(25)29)11-14-8-6-5-7-9-14/h5-9,12-13,15-17H,10-11H2,1-4H3,(H2,22,26)(H,23,27)(H,24,29)/t13-,15-,16-,17+/m0/s1. The van der Waals surface area contributed by atoms with Crippen LogP contribution in [0.2, 0.25) is 0 Å². The van der Waals surface area contributed by atoms with Gasteiger partial charge in [0.25, 0.3) is 0 Å². The Morgan fingerprint density at radius 3 is 2.37 bits per heavy atom. The zero-order valence-electron chi connectivity index (χ0n) is 17.8. The largest absolute Gasteiger partial charge is 0.467 e. The normalized spacial score (nSPS) is 20.4. The van der Waals surface area contributed by atoms with Crippen molar-refractivity contribution in [3.05, 3.63) is 35.9 Å². The minimum Gasteiger partial charge on any atom is -0.467 e. The molecule has 2 rings (SSSR count). The monoisotopic (exact) mass is 418 g/mol. The van der Waals surface area contributed by atoms with Crippen LogP contribution < -0.4 is 16.4 Å². The quantitative estimate of drug-likeness (QED) is 0.505. The minimum absolute atomic E-state index is 0.0451. The topological polar surface area (TPSA) is 131 Å². The SMILES string of the molecule is COC(=O)[C@H](C)NC(=O)[C@H](CC(C)C)N1C(=O)N[C@@H](Cc2ccccc2)[C@@H]1C(N)=O. The second-order valence-corrected chi connectivity index (χ2v) is 7.90. The van der Waals surface area contributed by atoms with E-state index in [0.29, 0.717) is 12.8 Å². The van der Waals surface area contributed by atoms with Gasteiger partial charge in [0.15, 0.2) is 0 Å². The van der Waals surface area contributed by atoms with Crippen LogP contribution in [0, 0.1) is 5.92 Å². The number of urea groups is 1. The number of ether oxygens (including phenoxy) is 1. The predicted molar refractivity (Wildman–Crippen MR) is 110 cm³/mol. The second-order valence-electron chi connectivity index (χ2n) is 7.90. The van der Waals surface area contributed by atoms with Crippen molar-refractivity contribution in [2.24, 2.45) is 11.7 Å². The summed E-state index contributed by atoms with van der Waals surface area (Å²) in [5.41, 5.74) is 6.59. The number of carbonyl (C=O) groups is 4. The average Bonchev–Trinajstić information content (AvgIpc) is 3.01. The van der Waals surface area contributed by atoms with Crippen LogP contribution >= 0.6 is 0 Å². The van der Waals surface area contributed by atoms with E-state index in [1.165, 1.54) is 18.9 Å². The number of nitrogens with zero attached hydrogens (tertiary/aromatic N) is 1. The summed E-state index contributed by atoms with van der Waals surface area (Å²) in [7, 11) is 1.22. The van der Waals surface area contributed by atoms with E-state index in [0.717, 1.165) is 5.56 Å². The molecule has 1 aliphatic heterocycles. The molecule has 9 heteroatoms. The molecule has 1 heterocycles. The highest BCUT2D eigenvalue weighted by atomic mass is 16.5. The molecule has 164 valence electrons. The number of primary amides is 1. The van der Waals surface area contributed by atoms with Crippen molar-refractivity contribution in [3.8, 4) is 0 Å². The number of amides is 4. The van der Waals surface area contributed by atoms with Crippen LogP contribution in [-0.4, -0.2) is 60.0 Å². The summed E-state index contributed by atoms with van der Waals surface area (Å²) in [5, 5.41) is 5.36. The van der Waals surface area contributed by atoms with Gasteiger partial charge < -0.3 is 21.1 Å². The van der Waals surface area contributed by atoms with Gasteiger partial charge in [-0.3, -0.25) is 14.5 Å². The number of nitrogens with two attached hydrogens (primary N) is 1. The van der Waals surface area contributed by atoms with Gasteiger partial charge in [-0.05, 0) is 31.2 Å². The molecular formula is C21H30N4O5. The molecule has 1 aromatic rings. The molecule has 1 fully saturated rings. The number of benzene rings is 1. The Morgan fingerprint density at radius 1 is 1.20 bits per heavy atom. The smallest absolute Gasteiger partial charge is 0.328 e. The zero-order chi connectivity index (χ0) is 22.4. The van der Waals surface area contributed by atoms with Gasteiger partial charge in [-0.15, -0.1) is 0 Å². The van der Waals surface area contributed by atoms with Crippen LogP contribution in [0.5, 0.6) is 0 Å². The molecule has 4 N–H and O–H groups in total. The van der Waals surface area contributed by atoms with Gasteiger partial charge >= 0.3 is 12.0 Å². The van der Waals surface area contributed by atoms with E-state index in [4.69, 9.17) is 5.73 Å². The van der Waals surface area contributed by atoms with Crippen LogP contribution in [0.4, 0.5) is 4.79 Å². The lowest BCUT2D eigenvalue weighted by Crippen LogP contribution is -2.57. The maximum Gasteiger partial charge on any atom is 0.328 e. The summed E-state index contributed by atoms with van der Waals surface area (Å²) in [5.74, 6) is -1.80. The molecule has 0 bridgehead atoms. The molecule has 0 unspecified atom stereocenters. The summed E-state index contributed by atoms with van der Waals surface area (Å²) < 4.78 is 4.64. The Kier molecular flexibility index (Phi) is 7.79. The first-order valence-corrected chi connectivity index (χ1v) is 9.96. The summed E-state index contributed by atoms with van der Waals surface area (Å²) >= 11 is 0. The van der Waals surface area contributed by atoms with Gasteiger partial charge in [-0.2, -0.15) is 0 Å². The van der Waals surface area contributed by atoms with Crippen molar-refractivity contribution in [1.82, 2.24) is 15.5 Å². The molecule has 30 heavy (non-hydrogen) atoms. The van der Waals surface area contributed by atoms with Gasteiger partial charge in [0, 0.05) is 0 Å². The Hall–Kier alpha value is -3.10. The van der Waals surface area contributed by atoms with Crippen LogP contribution in [-0.2, 0) is 25.5 Å². The fourth-order valence-electron chi connectivity index (χ4n) is 3.67. The summed E-state index contributed by atoms with van der Waals surface area (Å²) in [6.07, 6.45) is 0.695. The summed E-state index contributed by atoms with van der Waals surface area (Å²) in [6.45, 7) is 5.29. The van der Waals surface area contributed by atoms with E-state index in [1.54, 1.807) is 0 Å². The number of carbonyl (C=O) groups excluding carboxylic acids is 4. The summed E-state index contributed by atoms with van der Waals surface area (Å²) in [6, 6.07) is 5.43. The third-order valence-corrected chi connectivity index (χ3v) is 5.06. The van der Waals surface area contributed by atoms with E-state index < -0.39 is 48.0 Å². The number of methoxy groups -OCH3 is 1. The fraction of sp³-hybridized carbons (Fsp3) is 0.524. The molecule has 0 saturated carbocycles. The maximum absolute atomic E-state index is 13.0. The van der Waals surface area contributed by atoms with Crippen molar-refractivity contribution < 1.29 is 23.9 Å². The fourth-order valence-corrected chi connectivity index (χ4v) is 3.67. The molecular weight excluding hydrogens is 388 g/mol. The first-order chi connectivity index (χ1) is 14.1. The molecule has 0 aliphatic carbocycles. The third-order valence-electron chi connectivity index (χ3n) is 5.06. The Balaban J connectivity index is 2.30. The average molecular weight is 418 g/mol. The van der Waals surface area contributed by atoms with Crippen LogP contribution in [0.1, 0.15) is 32.8 Å². The van der Waals surface area contributed by atoms with Crippen molar-refractivity contribution >= 4 is 23.8 Å². The van der Waals surface area contributed by atoms with Crippen molar-refractivity contribution in [3.63, 3.8) is 0 Å². The lowest BCUT2D eigenvalue weighted by Gasteiger charge is -2.32. The van der Waals surface area contributed by atoms with E-state index in [-0.39, 0.29) is 5.92 Å². The predicted octanol–water partition coefficient (Wildman–Crippen LogP) is 0.569. The lowest BCUT2D eigenvalue weighted by atomic mass is 9.96. The Morgan fingerprint density at radius 2 is 1.83 bits per heavy atom. The molecule has 0 spiro atoms. The molecule has 4 amide bonds. The van der Waals surface area contributed by atoms with Crippen LogP contribution in [0.15, 0.2) is 30.3 Å². The number of nitrogens with one attached hydrogen (secondary N) is 2. The number of hydrogen-bond acceptors (Lipinski definition) is 5. The Labute approximate surface area is 176 Å². The van der Waals surface area contributed by atoms with E-state index in [2.05, 4.69) is 15.4 Å². The van der Waals surface area contributed by atoms with Gasteiger partial charge in [0.1, 0.15) is 18.1 Å². The molecule has 0 aromatic heterocycles. The van der Waals surface area contributed by atoms with Crippen molar-refractivity contribution in [2.45, 2.75) is 57.8 Å². The van der Waals surface area contributed by atoms with E-state index in [9.17, 15) is 19.2 Å². The summed E-state index contributed by atoms with van der Waals surface area (Å²) in [4.78, 5) is 51.1. The first-order valence-electron chi connectivity index (χ1n) is 9.96. The van der Waals surface area contributed by atoms with Gasteiger partial charge in [0.05, 0.1) is 13.2 Å². The van der Waals surface area contributed by atoms with E-state index >= 15 is 0 Å². The number of hydrogen-bond donors (Lipinski definition) is 3. The zero-order valence-corrected chi connectivity index (χ0v) is 17.8. The van der Waals surface area contributed by atoms with Gasteiger partial charge in [-0.1, -0.05) is 44.2 Å². The lowest BCUT2D eigenvalue weighted by molar-refractivity contribution is -0.145. The van der Waals surface area contributed by atoms with Crippen LogP contribution in [0.3, 0.4) is 0 Å². The maximum atomic E-state index is 13.0. The second kappa shape index (κ2) is 10.1. The van der Waals surface area contributed by atoms with Crippen LogP contribution in [0.25, 0.3) is 0 Å². The van der Waals surface area contributed by atoms with Crippen molar-refractivity contribution in [2.75, 3.05) is 7.11 Å². The molecule has 1 saturated heterocycles. The molecule has 4 atom stereocenters. The van der Waals surface area contributed by atoms with E-state index in [1.807, 2.05) is 44.2 Å².